The molecule has 2 N–H and O–H groups in total. The number of hydrogen-bond donors (Lipinski definition) is 2. The smallest absolute Gasteiger partial charge is 0.296 e. The molecule has 2 heterocycles. The average molecular weight is 363 g/mol. The van der Waals surface area contributed by atoms with Gasteiger partial charge in [0, 0.05) is 25.5 Å². The average Bonchev–Trinajstić information content (AvgIpc) is 2.93. The van der Waals surface area contributed by atoms with E-state index in [1.807, 2.05) is 0 Å². The summed E-state index contributed by atoms with van der Waals surface area (Å²) in [5, 5.41) is 24.7. The van der Waals surface area contributed by atoms with E-state index in [0.29, 0.717) is 24.9 Å². The number of benzene rings is 1. The van der Waals surface area contributed by atoms with E-state index in [9.17, 15) is 24.8 Å². The Hall–Kier alpha value is -2.68. The van der Waals surface area contributed by atoms with Crippen molar-refractivity contribution in [2.24, 2.45) is 0 Å². The molecule has 2 amide bonds. The number of fused-ring (bicyclic) bond motifs is 1. The Kier molecular flexibility index (Phi) is 4.35. The van der Waals surface area contributed by atoms with Crippen LogP contribution in [0.3, 0.4) is 0 Å². The molecule has 3 rings (SSSR count). The molecular weight excluding hydrogens is 342 g/mol. The Morgan fingerprint density at radius 1 is 1.46 bits per heavy atom. The zero-order chi connectivity index (χ0) is 19.2. The minimum Gasteiger partial charge on any atom is -0.484 e. The van der Waals surface area contributed by atoms with Crippen molar-refractivity contribution >= 4 is 23.2 Å². The van der Waals surface area contributed by atoms with Crippen molar-refractivity contribution in [1.82, 2.24) is 4.90 Å². The van der Waals surface area contributed by atoms with Crippen LogP contribution >= 0.6 is 0 Å². The summed E-state index contributed by atoms with van der Waals surface area (Å²) in [5.74, 6) is -0.317. The van der Waals surface area contributed by atoms with Gasteiger partial charge in [0.05, 0.1) is 17.0 Å². The van der Waals surface area contributed by atoms with E-state index in [0.717, 1.165) is 0 Å². The van der Waals surface area contributed by atoms with Crippen LogP contribution in [0.2, 0.25) is 0 Å². The van der Waals surface area contributed by atoms with E-state index < -0.39 is 28.6 Å². The Labute approximate surface area is 150 Å². The number of aliphatic hydroxyl groups excluding tert-OH is 1. The summed E-state index contributed by atoms with van der Waals surface area (Å²) in [6.45, 7) is 5.07. The monoisotopic (exact) mass is 363 g/mol. The molecule has 0 saturated carbocycles. The lowest BCUT2D eigenvalue weighted by atomic mass is 9.85. The summed E-state index contributed by atoms with van der Waals surface area (Å²) >= 11 is 0. The molecule has 140 valence electrons. The van der Waals surface area contributed by atoms with Crippen molar-refractivity contribution in [2.45, 2.75) is 51.4 Å². The lowest BCUT2D eigenvalue weighted by Gasteiger charge is -2.45. The number of nitro groups is 1. The molecule has 0 aromatic heterocycles. The van der Waals surface area contributed by atoms with E-state index in [1.54, 1.807) is 18.7 Å². The maximum absolute atomic E-state index is 12.3. The lowest BCUT2D eigenvalue weighted by molar-refractivity contribution is -0.384. The number of aliphatic hydroxyl groups is 1. The zero-order valence-electron chi connectivity index (χ0n) is 14.8. The van der Waals surface area contributed by atoms with Gasteiger partial charge in [-0.2, -0.15) is 0 Å². The molecule has 9 nitrogen and oxygen atoms in total. The molecule has 0 spiro atoms. The number of nitrogens with zero attached hydrogens (tertiary/aromatic N) is 2. The van der Waals surface area contributed by atoms with Crippen LogP contribution in [0.15, 0.2) is 12.1 Å². The fourth-order valence-corrected chi connectivity index (χ4v) is 3.54. The van der Waals surface area contributed by atoms with Gasteiger partial charge in [0.25, 0.3) is 5.69 Å². The molecule has 2 aliphatic rings. The van der Waals surface area contributed by atoms with Crippen LogP contribution in [0.25, 0.3) is 0 Å². The number of carbonyl (C=O) groups is 2. The van der Waals surface area contributed by atoms with Crippen LogP contribution in [0.5, 0.6) is 5.75 Å². The fourth-order valence-electron chi connectivity index (χ4n) is 3.54. The Bertz CT molecular complexity index is 791. The van der Waals surface area contributed by atoms with Gasteiger partial charge < -0.3 is 20.1 Å². The summed E-state index contributed by atoms with van der Waals surface area (Å²) in [6.07, 6.45) is 0.0546. The molecule has 0 aliphatic carbocycles. The third kappa shape index (κ3) is 2.98. The van der Waals surface area contributed by atoms with Crippen molar-refractivity contribution in [3.05, 3.63) is 27.8 Å². The SMILES string of the molecule is CC(=O)Nc1cc2c(cc1[N+](=O)[O-])OC(C)(C)C(O)C2N1CCCC1=O. The zero-order valence-corrected chi connectivity index (χ0v) is 14.8. The molecule has 1 aromatic carbocycles. The first-order valence-corrected chi connectivity index (χ1v) is 8.38. The summed E-state index contributed by atoms with van der Waals surface area (Å²) < 4.78 is 5.80. The maximum Gasteiger partial charge on any atom is 0.296 e. The van der Waals surface area contributed by atoms with Gasteiger partial charge in [0.2, 0.25) is 11.8 Å². The molecule has 0 bridgehead atoms. The normalized spacial score (nSPS) is 24.0. The van der Waals surface area contributed by atoms with Crippen LogP contribution in [0, 0.1) is 10.1 Å². The van der Waals surface area contributed by atoms with E-state index in [1.165, 1.54) is 19.1 Å². The third-order valence-corrected chi connectivity index (χ3v) is 4.78. The molecule has 2 atom stereocenters. The van der Waals surface area contributed by atoms with Gasteiger partial charge in [-0.05, 0) is 26.3 Å². The summed E-state index contributed by atoms with van der Waals surface area (Å²) in [5.41, 5.74) is -0.892. The second kappa shape index (κ2) is 6.24. The van der Waals surface area contributed by atoms with Gasteiger partial charge in [-0.25, -0.2) is 0 Å². The minimum absolute atomic E-state index is 0.00778. The van der Waals surface area contributed by atoms with Gasteiger partial charge in [0.15, 0.2) is 0 Å². The fraction of sp³-hybridized carbons (Fsp3) is 0.529. The van der Waals surface area contributed by atoms with Crippen molar-refractivity contribution in [3.8, 4) is 5.75 Å². The predicted molar refractivity (Wildman–Crippen MR) is 91.8 cm³/mol. The number of nitrogens with one attached hydrogen (secondary N) is 1. The van der Waals surface area contributed by atoms with Crippen LogP contribution in [-0.2, 0) is 9.59 Å². The largest absolute Gasteiger partial charge is 0.484 e. The third-order valence-electron chi connectivity index (χ3n) is 4.78. The predicted octanol–water partition coefficient (Wildman–Crippen LogP) is 1.75. The molecule has 2 unspecified atom stereocenters. The first-order chi connectivity index (χ1) is 12.1. The Balaban J connectivity index is 2.18. The first kappa shape index (κ1) is 18.1. The highest BCUT2D eigenvalue weighted by atomic mass is 16.6. The van der Waals surface area contributed by atoms with Gasteiger partial charge in [-0.3, -0.25) is 19.7 Å². The molecule has 1 saturated heterocycles. The number of likely N-dealkylation sites (tertiary alicyclic amines) is 1. The van der Waals surface area contributed by atoms with Crippen LogP contribution in [0.4, 0.5) is 11.4 Å². The highest BCUT2D eigenvalue weighted by Gasteiger charge is 2.48. The van der Waals surface area contributed by atoms with Crippen molar-refractivity contribution < 1.29 is 24.4 Å². The van der Waals surface area contributed by atoms with Crippen LogP contribution in [0.1, 0.15) is 45.2 Å². The van der Waals surface area contributed by atoms with Crippen molar-refractivity contribution in [3.63, 3.8) is 0 Å². The lowest BCUT2D eigenvalue weighted by Crippen LogP contribution is -2.53. The first-order valence-electron chi connectivity index (χ1n) is 8.38. The topological polar surface area (TPSA) is 122 Å². The molecular formula is C17H21N3O6. The molecule has 1 fully saturated rings. The second-order valence-electron chi connectivity index (χ2n) is 7.13. The highest BCUT2D eigenvalue weighted by molar-refractivity contribution is 5.92. The molecule has 26 heavy (non-hydrogen) atoms. The van der Waals surface area contributed by atoms with Gasteiger partial charge in [-0.1, -0.05) is 0 Å². The van der Waals surface area contributed by atoms with Crippen molar-refractivity contribution in [1.29, 1.82) is 0 Å². The summed E-state index contributed by atoms with van der Waals surface area (Å²) in [6, 6.07) is 1.96. The number of carbonyl (C=O) groups excluding carboxylic acids is 2. The summed E-state index contributed by atoms with van der Waals surface area (Å²) in [7, 11) is 0. The number of anilines is 1. The second-order valence-corrected chi connectivity index (χ2v) is 7.13. The van der Waals surface area contributed by atoms with E-state index in [2.05, 4.69) is 5.32 Å². The summed E-state index contributed by atoms with van der Waals surface area (Å²) in [4.78, 5) is 36.1. The highest BCUT2D eigenvalue weighted by Crippen LogP contribution is 2.47. The van der Waals surface area contributed by atoms with Gasteiger partial charge in [-0.15, -0.1) is 0 Å². The van der Waals surface area contributed by atoms with Crippen molar-refractivity contribution in [2.75, 3.05) is 11.9 Å². The Morgan fingerprint density at radius 3 is 2.69 bits per heavy atom. The molecule has 0 radical (unpaired) electrons. The minimum atomic E-state index is -1.04. The molecule has 1 aromatic rings. The van der Waals surface area contributed by atoms with Crippen LogP contribution < -0.4 is 10.1 Å². The number of hydrogen-bond acceptors (Lipinski definition) is 6. The van der Waals surface area contributed by atoms with E-state index >= 15 is 0 Å². The molecule has 9 heteroatoms. The van der Waals surface area contributed by atoms with E-state index in [4.69, 9.17) is 4.74 Å². The number of ether oxygens (including phenoxy) is 1. The van der Waals surface area contributed by atoms with Gasteiger partial charge >= 0.3 is 0 Å². The number of amides is 2. The maximum atomic E-state index is 12.3. The quantitative estimate of drug-likeness (QED) is 0.623. The Morgan fingerprint density at radius 2 is 2.15 bits per heavy atom. The van der Waals surface area contributed by atoms with Gasteiger partial charge in [0.1, 0.15) is 23.1 Å². The van der Waals surface area contributed by atoms with E-state index in [-0.39, 0.29) is 23.0 Å². The van der Waals surface area contributed by atoms with Crippen LogP contribution in [-0.4, -0.2) is 45.0 Å². The molecule has 2 aliphatic heterocycles. The number of nitro benzene ring substituents is 1. The number of rotatable bonds is 3. The standard InChI is InChI=1S/C17H21N3O6/c1-9(21)18-11-7-10-13(8-12(11)20(24)25)26-17(2,3)16(23)15(10)19-6-4-5-14(19)22/h7-8,15-16,23H,4-6H2,1-3H3,(H,18,21).